The maximum atomic E-state index is 13.8. The molecule has 1 saturated heterocycles. The van der Waals surface area contributed by atoms with Crippen LogP contribution in [0.25, 0.3) is 0 Å². The Morgan fingerprint density at radius 1 is 1.00 bits per heavy atom. The van der Waals surface area contributed by atoms with E-state index < -0.39 is 5.41 Å². The second-order valence-electron chi connectivity index (χ2n) is 7.91. The van der Waals surface area contributed by atoms with Crippen LogP contribution in [0.4, 0.5) is 4.39 Å². The van der Waals surface area contributed by atoms with Gasteiger partial charge in [-0.05, 0) is 36.6 Å². The molecule has 0 atom stereocenters. The van der Waals surface area contributed by atoms with Gasteiger partial charge in [0.05, 0.1) is 5.41 Å². The Hall–Kier alpha value is -2.44. The van der Waals surface area contributed by atoms with Gasteiger partial charge in [-0.1, -0.05) is 41.9 Å². The fraction of sp³-hybridized carbons (Fsp3) is 0.391. The van der Waals surface area contributed by atoms with Gasteiger partial charge in [-0.2, -0.15) is 0 Å². The zero-order chi connectivity index (χ0) is 21.1. The average Bonchev–Trinajstić information content (AvgIpc) is 3.56. The van der Waals surface area contributed by atoms with Crippen molar-refractivity contribution in [2.45, 2.75) is 24.8 Å². The molecule has 2 aliphatic rings. The summed E-state index contributed by atoms with van der Waals surface area (Å²) in [6.45, 7) is 2.65. The molecular weight excluding hydrogens is 407 g/mol. The van der Waals surface area contributed by atoms with E-state index in [0.717, 1.165) is 18.4 Å². The van der Waals surface area contributed by atoms with Gasteiger partial charge in [0.15, 0.2) is 6.61 Å². The molecule has 1 aliphatic heterocycles. The number of ether oxygens (including phenoxy) is 1. The topological polar surface area (TPSA) is 49.9 Å². The predicted molar refractivity (Wildman–Crippen MR) is 112 cm³/mol. The molecule has 2 aromatic carbocycles. The number of hydrogen-bond donors (Lipinski definition) is 0. The smallest absolute Gasteiger partial charge is 0.317 e. The summed E-state index contributed by atoms with van der Waals surface area (Å²) in [5.74, 6) is -0.755. The van der Waals surface area contributed by atoms with Crippen LogP contribution in [-0.4, -0.2) is 54.5 Å². The molecule has 5 nitrogen and oxygen atoms in total. The van der Waals surface area contributed by atoms with E-state index in [1.165, 1.54) is 6.07 Å². The van der Waals surface area contributed by atoms with Crippen molar-refractivity contribution < 1.29 is 18.7 Å². The number of benzene rings is 2. The van der Waals surface area contributed by atoms with Gasteiger partial charge >= 0.3 is 5.97 Å². The second-order valence-corrected chi connectivity index (χ2v) is 8.35. The molecule has 1 aliphatic carbocycles. The number of halogens is 2. The van der Waals surface area contributed by atoms with E-state index in [1.807, 2.05) is 18.2 Å². The lowest BCUT2D eigenvalue weighted by Crippen LogP contribution is -2.49. The van der Waals surface area contributed by atoms with Crippen molar-refractivity contribution in [3.05, 3.63) is 70.5 Å². The molecule has 1 heterocycles. The van der Waals surface area contributed by atoms with E-state index >= 15 is 0 Å². The number of amides is 1. The first kappa shape index (κ1) is 20.8. The molecule has 0 spiro atoms. The lowest BCUT2D eigenvalue weighted by molar-refractivity contribution is -0.154. The summed E-state index contributed by atoms with van der Waals surface area (Å²) >= 11 is 5.93. The van der Waals surface area contributed by atoms with Crippen LogP contribution in [0.2, 0.25) is 5.02 Å². The monoisotopic (exact) mass is 430 g/mol. The van der Waals surface area contributed by atoms with Crippen LogP contribution >= 0.6 is 11.6 Å². The Labute approximate surface area is 180 Å². The lowest BCUT2D eigenvalue weighted by atomic mass is 9.96. The van der Waals surface area contributed by atoms with E-state index in [0.29, 0.717) is 43.3 Å². The molecular formula is C23H24ClFN2O3. The molecule has 0 aromatic heterocycles. The number of rotatable bonds is 6. The van der Waals surface area contributed by atoms with E-state index in [4.69, 9.17) is 16.3 Å². The number of carbonyl (C=O) groups excluding carboxylic acids is 2. The molecule has 0 N–H and O–H groups in total. The van der Waals surface area contributed by atoms with Gasteiger partial charge in [0.25, 0.3) is 5.91 Å². The van der Waals surface area contributed by atoms with Crippen molar-refractivity contribution in [2.24, 2.45) is 0 Å². The maximum Gasteiger partial charge on any atom is 0.317 e. The van der Waals surface area contributed by atoms with Crippen LogP contribution in [-0.2, 0) is 26.3 Å². The molecule has 0 unspecified atom stereocenters. The first-order chi connectivity index (χ1) is 14.5. The van der Waals surface area contributed by atoms with Crippen molar-refractivity contribution in [2.75, 3.05) is 32.8 Å². The van der Waals surface area contributed by atoms with E-state index in [9.17, 15) is 14.0 Å². The Morgan fingerprint density at radius 2 is 1.67 bits per heavy atom. The van der Waals surface area contributed by atoms with Gasteiger partial charge in [0.2, 0.25) is 0 Å². The highest BCUT2D eigenvalue weighted by Crippen LogP contribution is 2.49. The van der Waals surface area contributed by atoms with Gasteiger partial charge in [-0.25, -0.2) is 4.39 Å². The summed E-state index contributed by atoms with van der Waals surface area (Å²) in [4.78, 5) is 28.9. The SMILES string of the molecule is O=C(COC(=O)C1(c2ccc(Cl)cc2)CC1)N1CCN(Cc2ccccc2F)CC1. The fourth-order valence-corrected chi connectivity index (χ4v) is 4.01. The number of carbonyl (C=O) groups is 2. The summed E-state index contributed by atoms with van der Waals surface area (Å²) in [6, 6.07) is 13.9. The third-order valence-electron chi connectivity index (χ3n) is 5.94. The van der Waals surface area contributed by atoms with Crippen LogP contribution in [0, 0.1) is 5.82 Å². The summed E-state index contributed by atoms with van der Waals surface area (Å²) in [6.07, 6.45) is 1.44. The number of esters is 1. The third-order valence-corrected chi connectivity index (χ3v) is 6.19. The second kappa shape index (κ2) is 8.74. The van der Waals surface area contributed by atoms with Gasteiger partial charge in [-0.3, -0.25) is 14.5 Å². The Bertz CT molecular complexity index is 922. The highest BCUT2D eigenvalue weighted by Gasteiger charge is 2.53. The number of hydrogen-bond acceptors (Lipinski definition) is 4. The van der Waals surface area contributed by atoms with Crippen LogP contribution in [0.5, 0.6) is 0 Å². The summed E-state index contributed by atoms with van der Waals surface area (Å²) < 4.78 is 19.2. The lowest BCUT2D eigenvalue weighted by Gasteiger charge is -2.34. The highest BCUT2D eigenvalue weighted by molar-refractivity contribution is 6.30. The number of nitrogens with zero attached hydrogens (tertiary/aromatic N) is 2. The molecule has 158 valence electrons. The fourth-order valence-electron chi connectivity index (χ4n) is 3.88. The van der Waals surface area contributed by atoms with E-state index in [2.05, 4.69) is 4.90 Å². The van der Waals surface area contributed by atoms with E-state index in [-0.39, 0.29) is 24.3 Å². The molecule has 1 amide bonds. The minimum Gasteiger partial charge on any atom is -0.455 e. The molecule has 0 radical (unpaired) electrons. The Kier molecular flexibility index (Phi) is 6.06. The Morgan fingerprint density at radius 3 is 2.30 bits per heavy atom. The Balaban J connectivity index is 1.25. The van der Waals surface area contributed by atoms with Crippen LogP contribution < -0.4 is 0 Å². The van der Waals surface area contributed by atoms with Crippen molar-refractivity contribution >= 4 is 23.5 Å². The standard InChI is InChI=1S/C23H24ClFN2O3/c24-19-7-5-18(6-8-19)23(9-10-23)22(29)30-16-21(28)27-13-11-26(12-14-27)15-17-3-1-2-4-20(17)25/h1-8H,9-16H2. The third kappa shape index (κ3) is 4.50. The van der Waals surface area contributed by atoms with Gasteiger partial charge in [-0.15, -0.1) is 0 Å². The first-order valence-corrected chi connectivity index (χ1v) is 10.5. The predicted octanol–water partition coefficient (Wildman–Crippen LogP) is 3.40. The molecule has 2 fully saturated rings. The first-order valence-electron chi connectivity index (χ1n) is 10.1. The van der Waals surface area contributed by atoms with Gasteiger partial charge in [0.1, 0.15) is 5.82 Å². The van der Waals surface area contributed by atoms with Crippen LogP contribution in [0.15, 0.2) is 48.5 Å². The molecule has 4 rings (SSSR count). The quantitative estimate of drug-likeness (QED) is 0.659. The van der Waals surface area contributed by atoms with Crippen molar-refractivity contribution in [1.29, 1.82) is 0 Å². The van der Waals surface area contributed by atoms with Crippen molar-refractivity contribution in [3.63, 3.8) is 0 Å². The maximum absolute atomic E-state index is 13.8. The van der Waals surface area contributed by atoms with Gasteiger partial charge < -0.3 is 9.64 Å². The number of piperazine rings is 1. The molecule has 7 heteroatoms. The van der Waals surface area contributed by atoms with Crippen molar-refractivity contribution in [3.8, 4) is 0 Å². The minimum absolute atomic E-state index is 0.194. The summed E-state index contributed by atoms with van der Waals surface area (Å²) in [5, 5.41) is 0.618. The van der Waals surface area contributed by atoms with Crippen molar-refractivity contribution in [1.82, 2.24) is 9.80 Å². The molecule has 0 bridgehead atoms. The van der Waals surface area contributed by atoms with E-state index in [1.54, 1.807) is 29.2 Å². The zero-order valence-corrected chi connectivity index (χ0v) is 17.4. The summed E-state index contributed by atoms with van der Waals surface area (Å²) in [5.41, 5.74) is 0.901. The van der Waals surface area contributed by atoms with Crippen LogP contribution in [0.1, 0.15) is 24.0 Å². The molecule has 2 aromatic rings. The summed E-state index contributed by atoms with van der Waals surface area (Å²) in [7, 11) is 0. The van der Waals surface area contributed by atoms with Crippen LogP contribution in [0.3, 0.4) is 0 Å². The van der Waals surface area contributed by atoms with Gasteiger partial charge in [0, 0.05) is 43.3 Å². The zero-order valence-electron chi connectivity index (χ0n) is 16.7. The normalized spacial score (nSPS) is 18.1. The average molecular weight is 431 g/mol. The molecule has 30 heavy (non-hydrogen) atoms. The highest BCUT2D eigenvalue weighted by atomic mass is 35.5. The molecule has 1 saturated carbocycles. The largest absolute Gasteiger partial charge is 0.455 e. The minimum atomic E-state index is -0.636.